The van der Waals surface area contributed by atoms with Gasteiger partial charge in [0.1, 0.15) is 5.75 Å². The Kier molecular flexibility index (Phi) is 3.31. The normalized spacial score (nSPS) is 16.8. The van der Waals surface area contributed by atoms with Crippen molar-refractivity contribution in [1.29, 1.82) is 0 Å². The Morgan fingerprint density at radius 1 is 1.50 bits per heavy atom. The second kappa shape index (κ2) is 5.13. The van der Waals surface area contributed by atoms with Crippen molar-refractivity contribution >= 4 is 22.5 Å². The number of carbonyl (C=O) groups excluding carboxylic acids is 1. The number of aryl methyl sites for hydroxylation is 1. The molecular formula is C14H15N3O2S. The fraction of sp³-hybridized carbons (Fsp3) is 0.286. The molecule has 2 amide bonds. The SMILES string of the molecule is Cc1cnc(NC(=O)NC2CCc3c(O)cccc32)s1. The number of aromatic nitrogens is 1. The molecule has 0 saturated carbocycles. The van der Waals surface area contributed by atoms with E-state index in [0.29, 0.717) is 10.9 Å². The first kappa shape index (κ1) is 12.9. The highest BCUT2D eigenvalue weighted by atomic mass is 32.1. The first-order valence-corrected chi connectivity index (χ1v) is 7.26. The quantitative estimate of drug-likeness (QED) is 0.795. The number of phenolic OH excluding ortho intramolecular Hbond substituents is 1. The molecule has 1 atom stereocenters. The number of hydrogen-bond acceptors (Lipinski definition) is 4. The molecule has 1 unspecified atom stereocenters. The van der Waals surface area contributed by atoms with Crippen LogP contribution in [0.25, 0.3) is 0 Å². The van der Waals surface area contributed by atoms with Crippen LogP contribution in [0.3, 0.4) is 0 Å². The number of anilines is 1. The Labute approximate surface area is 120 Å². The highest BCUT2D eigenvalue weighted by Crippen LogP contribution is 2.36. The largest absolute Gasteiger partial charge is 0.508 e. The minimum atomic E-state index is -0.263. The van der Waals surface area contributed by atoms with Crippen LogP contribution >= 0.6 is 11.3 Å². The summed E-state index contributed by atoms with van der Waals surface area (Å²) in [5, 5.41) is 16.0. The van der Waals surface area contributed by atoms with Crippen LogP contribution in [-0.2, 0) is 6.42 Å². The molecule has 0 saturated heterocycles. The molecule has 1 aliphatic carbocycles. The minimum Gasteiger partial charge on any atom is -0.508 e. The fourth-order valence-corrected chi connectivity index (χ4v) is 3.15. The van der Waals surface area contributed by atoms with Crippen LogP contribution in [0.1, 0.15) is 28.5 Å². The maximum absolute atomic E-state index is 12.0. The van der Waals surface area contributed by atoms with E-state index < -0.39 is 0 Å². The lowest BCUT2D eigenvalue weighted by Crippen LogP contribution is -2.31. The van der Waals surface area contributed by atoms with Gasteiger partial charge in [-0.05, 0) is 37.0 Å². The molecule has 1 aliphatic rings. The van der Waals surface area contributed by atoms with Gasteiger partial charge >= 0.3 is 6.03 Å². The summed E-state index contributed by atoms with van der Waals surface area (Å²) in [4.78, 5) is 17.1. The van der Waals surface area contributed by atoms with Crippen molar-refractivity contribution in [2.75, 3.05) is 5.32 Å². The van der Waals surface area contributed by atoms with E-state index >= 15 is 0 Å². The third kappa shape index (κ3) is 2.46. The fourth-order valence-electron chi connectivity index (χ4n) is 2.49. The molecule has 6 heteroatoms. The van der Waals surface area contributed by atoms with Gasteiger partial charge in [0, 0.05) is 11.1 Å². The van der Waals surface area contributed by atoms with E-state index in [1.807, 2.05) is 13.0 Å². The smallest absolute Gasteiger partial charge is 0.321 e. The van der Waals surface area contributed by atoms with Crippen LogP contribution in [0.5, 0.6) is 5.75 Å². The van der Waals surface area contributed by atoms with E-state index in [-0.39, 0.29) is 12.1 Å². The molecule has 20 heavy (non-hydrogen) atoms. The zero-order valence-corrected chi connectivity index (χ0v) is 11.8. The third-order valence-corrected chi connectivity index (χ3v) is 4.22. The van der Waals surface area contributed by atoms with Crippen LogP contribution in [0.2, 0.25) is 0 Å². The van der Waals surface area contributed by atoms with Gasteiger partial charge in [-0.1, -0.05) is 12.1 Å². The van der Waals surface area contributed by atoms with Crippen molar-refractivity contribution in [3.8, 4) is 5.75 Å². The summed E-state index contributed by atoms with van der Waals surface area (Å²) >= 11 is 1.44. The lowest BCUT2D eigenvalue weighted by atomic mass is 10.1. The van der Waals surface area contributed by atoms with Gasteiger partial charge in [0.25, 0.3) is 0 Å². The summed E-state index contributed by atoms with van der Waals surface area (Å²) in [5.74, 6) is 0.308. The lowest BCUT2D eigenvalue weighted by Gasteiger charge is -2.14. The topological polar surface area (TPSA) is 74.2 Å². The van der Waals surface area contributed by atoms with Crippen molar-refractivity contribution < 1.29 is 9.90 Å². The van der Waals surface area contributed by atoms with Gasteiger partial charge in [-0.15, -0.1) is 11.3 Å². The van der Waals surface area contributed by atoms with E-state index in [4.69, 9.17) is 0 Å². The Morgan fingerprint density at radius 2 is 2.35 bits per heavy atom. The molecule has 1 aromatic carbocycles. The first-order valence-electron chi connectivity index (χ1n) is 6.44. The predicted octanol–water partition coefficient (Wildman–Crippen LogP) is 2.97. The predicted molar refractivity (Wildman–Crippen MR) is 78.2 cm³/mol. The van der Waals surface area contributed by atoms with Gasteiger partial charge in [0.2, 0.25) is 0 Å². The number of thiazole rings is 1. The molecule has 0 bridgehead atoms. The van der Waals surface area contributed by atoms with Crippen molar-refractivity contribution in [3.63, 3.8) is 0 Å². The molecular weight excluding hydrogens is 274 g/mol. The van der Waals surface area contributed by atoms with E-state index in [0.717, 1.165) is 28.8 Å². The van der Waals surface area contributed by atoms with Gasteiger partial charge in [-0.3, -0.25) is 5.32 Å². The summed E-state index contributed by atoms with van der Waals surface area (Å²) in [6.07, 6.45) is 3.31. The molecule has 1 aromatic heterocycles. The highest BCUT2D eigenvalue weighted by Gasteiger charge is 2.26. The number of aromatic hydroxyl groups is 1. The van der Waals surface area contributed by atoms with Gasteiger partial charge in [0.15, 0.2) is 5.13 Å². The second-order valence-corrected chi connectivity index (χ2v) is 6.05. The van der Waals surface area contributed by atoms with Crippen LogP contribution in [0, 0.1) is 6.92 Å². The van der Waals surface area contributed by atoms with Gasteiger partial charge in [0.05, 0.1) is 6.04 Å². The molecule has 1 heterocycles. The Morgan fingerprint density at radius 3 is 3.10 bits per heavy atom. The van der Waals surface area contributed by atoms with Crippen molar-refractivity contribution in [3.05, 3.63) is 40.4 Å². The van der Waals surface area contributed by atoms with Crippen LogP contribution in [0.4, 0.5) is 9.93 Å². The number of fused-ring (bicyclic) bond motifs is 1. The number of carbonyl (C=O) groups is 1. The van der Waals surface area contributed by atoms with Crippen molar-refractivity contribution in [1.82, 2.24) is 10.3 Å². The van der Waals surface area contributed by atoms with Gasteiger partial charge < -0.3 is 10.4 Å². The highest BCUT2D eigenvalue weighted by molar-refractivity contribution is 7.15. The number of nitrogens with one attached hydrogen (secondary N) is 2. The minimum absolute atomic E-state index is 0.0573. The maximum Gasteiger partial charge on any atom is 0.321 e. The molecule has 0 spiro atoms. The lowest BCUT2D eigenvalue weighted by molar-refractivity contribution is 0.248. The summed E-state index contributed by atoms with van der Waals surface area (Å²) in [6.45, 7) is 1.94. The summed E-state index contributed by atoms with van der Waals surface area (Å²) in [7, 11) is 0. The average molecular weight is 289 g/mol. The number of benzene rings is 1. The van der Waals surface area contributed by atoms with Crippen LogP contribution in [-0.4, -0.2) is 16.1 Å². The Balaban J connectivity index is 1.68. The number of phenols is 1. The number of rotatable bonds is 2. The van der Waals surface area contributed by atoms with Crippen molar-refractivity contribution in [2.24, 2.45) is 0 Å². The third-order valence-electron chi connectivity index (χ3n) is 3.39. The number of amides is 2. The van der Waals surface area contributed by atoms with Crippen LogP contribution < -0.4 is 10.6 Å². The molecule has 0 aliphatic heterocycles. The number of nitrogens with zero attached hydrogens (tertiary/aromatic N) is 1. The zero-order chi connectivity index (χ0) is 14.1. The van der Waals surface area contributed by atoms with E-state index in [2.05, 4.69) is 15.6 Å². The molecule has 104 valence electrons. The van der Waals surface area contributed by atoms with Gasteiger partial charge in [-0.25, -0.2) is 9.78 Å². The van der Waals surface area contributed by atoms with E-state index in [1.165, 1.54) is 11.3 Å². The first-order chi connectivity index (χ1) is 9.63. The Bertz CT molecular complexity index is 654. The summed E-state index contributed by atoms with van der Waals surface area (Å²) in [6, 6.07) is 5.11. The monoisotopic (exact) mass is 289 g/mol. The maximum atomic E-state index is 12.0. The molecule has 0 radical (unpaired) electrons. The van der Waals surface area contributed by atoms with E-state index in [1.54, 1.807) is 18.3 Å². The van der Waals surface area contributed by atoms with Gasteiger partial charge in [-0.2, -0.15) is 0 Å². The molecule has 2 aromatic rings. The number of hydrogen-bond donors (Lipinski definition) is 3. The van der Waals surface area contributed by atoms with Crippen molar-refractivity contribution in [2.45, 2.75) is 25.8 Å². The molecule has 3 rings (SSSR count). The molecule has 3 N–H and O–H groups in total. The standard InChI is InChI=1S/C14H15N3O2S/c1-8-7-15-14(20-8)17-13(19)16-11-6-5-10-9(11)3-2-4-12(10)18/h2-4,7,11,18H,5-6H2,1H3,(H2,15,16,17,19). The summed E-state index contributed by atoms with van der Waals surface area (Å²) in [5.41, 5.74) is 1.93. The average Bonchev–Trinajstić information content (AvgIpc) is 2.98. The second-order valence-electron chi connectivity index (χ2n) is 4.81. The van der Waals surface area contributed by atoms with Crippen LogP contribution in [0.15, 0.2) is 24.4 Å². The summed E-state index contributed by atoms with van der Waals surface area (Å²) < 4.78 is 0. The number of urea groups is 1. The van der Waals surface area contributed by atoms with E-state index in [9.17, 15) is 9.90 Å². The zero-order valence-electron chi connectivity index (χ0n) is 11.0. The Hall–Kier alpha value is -2.08. The molecule has 5 nitrogen and oxygen atoms in total. The molecule has 0 fully saturated rings.